The number of ether oxygens (including phenoxy) is 1. The number of halogens is 4. The van der Waals surface area contributed by atoms with Crippen molar-refractivity contribution < 1.29 is 31.9 Å². The summed E-state index contributed by atoms with van der Waals surface area (Å²) in [5.41, 5.74) is 0.750. The molecule has 1 aromatic heterocycles. The van der Waals surface area contributed by atoms with E-state index in [1.807, 2.05) is 0 Å². The van der Waals surface area contributed by atoms with Gasteiger partial charge in [0, 0.05) is 17.2 Å². The number of anilines is 1. The standard InChI is InChI=1S/C21H23F4N3O3/c1-10(2)20(29)28-18-8-14(5-11(3)26-18)21(30)27-12(4)13-6-15(22)19(16(23)7-13)31-9-17(24)25/h5-8,10,12,17H,9H2,1-4H3,(H,27,30)(H,26,28,29). The zero-order chi connectivity index (χ0) is 23.3. The van der Waals surface area contributed by atoms with Crippen molar-refractivity contribution in [2.45, 2.75) is 40.2 Å². The fourth-order valence-electron chi connectivity index (χ4n) is 2.61. The number of benzene rings is 1. The Hall–Kier alpha value is -3.17. The summed E-state index contributed by atoms with van der Waals surface area (Å²) in [7, 11) is 0. The molecular formula is C21H23F4N3O3. The van der Waals surface area contributed by atoms with Crippen LogP contribution in [0.15, 0.2) is 24.3 Å². The van der Waals surface area contributed by atoms with E-state index >= 15 is 0 Å². The zero-order valence-electron chi connectivity index (χ0n) is 17.4. The van der Waals surface area contributed by atoms with Crippen LogP contribution < -0.4 is 15.4 Å². The number of pyridine rings is 1. The average molecular weight is 441 g/mol. The van der Waals surface area contributed by atoms with Crippen molar-refractivity contribution in [2.75, 3.05) is 11.9 Å². The second-order valence-electron chi connectivity index (χ2n) is 7.24. The lowest BCUT2D eigenvalue weighted by Gasteiger charge is -2.17. The molecule has 168 valence electrons. The minimum Gasteiger partial charge on any atom is -0.482 e. The van der Waals surface area contributed by atoms with Gasteiger partial charge in [0.2, 0.25) is 5.91 Å². The van der Waals surface area contributed by atoms with E-state index < -0.39 is 42.4 Å². The SMILES string of the molecule is Cc1cc(C(=O)NC(C)c2cc(F)c(OCC(F)F)c(F)c2)cc(NC(=O)C(C)C)n1. The molecule has 0 bridgehead atoms. The number of nitrogens with zero attached hydrogens (tertiary/aromatic N) is 1. The van der Waals surface area contributed by atoms with E-state index in [1.165, 1.54) is 19.1 Å². The van der Waals surface area contributed by atoms with E-state index in [1.54, 1.807) is 20.8 Å². The van der Waals surface area contributed by atoms with Gasteiger partial charge >= 0.3 is 0 Å². The molecule has 0 saturated heterocycles. The second-order valence-corrected chi connectivity index (χ2v) is 7.24. The summed E-state index contributed by atoms with van der Waals surface area (Å²) in [6.07, 6.45) is -2.88. The summed E-state index contributed by atoms with van der Waals surface area (Å²) in [4.78, 5) is 28.6. The summed E-state index contributed by atoms with van der Waals surface area (Å²) in [6, 6.07) is 3.87. The van der Waals surface area contributed by atoms with Crippen LogP contribution in [0.5, 0.6) is 5.75 Å². The number of hydrogen-bond donors (Lipinski definition) is 2. The maximum atomic E-state index is 14.1. The first-order valence-electron chi connectivity index (χ1n) is 9.48. The Morgan fingerprint density at radius 3 is 2.23 bits per heavy atom. The van der Waals surface area contributed by atoms with Crippen LogP contribution in [0, 0.1) is 24.5 Å². The summed E-state index contributed by atoms with van der Waals surface area (Å²) in [5.74, 6) is -4.12. The maximum Gasteiger partial charge on any atom is 0.272 e. The predicted octanol–water partition coefficient (Wildman–Crippen LogP) is 4.40. The minimum atomic E-state index is -2.88. The molecule has 2 aromatic rings. The van der Waals surface area contributed by atoms with Gasteiger partial charge in [0.25, 0.3) is 12.3 Å². The molecule has 1 aromatic carbocycles. The predicted molar refractivity (Wildman–Crippen MR) is 106 cm³/mol. The van der Waals surface area contributed by atoms with E-state index in [9.17, 15) is 27.2 Å². The van der Waals surface area contributed by atoms with Crippen molar-refractivity contribution >= 4 is 17.6 Å². The van der Waals surface area contributed by atoms with E-state index in [-0.39, 0.29) is 28.8 Å². The number of carbonyl (C=O) groups is 2. The highest BCUT2D eigenvalue weighted by atomic mass is 19.3. The molecule has 0 aliphatic carbocycles. The molecule has 6 nitrogen and oxygen atoms in total. The van der Waals surface area contributed by atoms with Gasteiger partial charge in [-0.2, -0.15) is 0 Å². The van der Waals surface area contributed by atoms with Crippen molar-refractivity contribution in [1.29, 1.82) is 0 Å². The molecule has 2 N–H and O–H groups in total. The average Bonchev–Trinajstić information content (AvgIpc) is 2.66. The first kappa shape index (κ1) is 24.1. The summed E-state index contributed by atoms with van der Waals surface area (Å²) >= 11 is 0. The fourth-order valence-corrected chi connectivity index (χ4v) is 2.61. The number of hydrogen-bond acceptors (Lipinski definition) is 4. The van der Waals surface area contributed by atoms with Crippen LogP contribution in [-0.2, 0) is 4.79 Å². The summed E-state index contributed by atoms with van der Waals surface area (Å²) < 4.78 is 57.1. The molecule has 31 heavy (non-hydrogen) atoms. The van der Waals surface area contributed by atoms with Gasteiger partial charge in [0.1, 0.15) is 12.4 Å². The zero-order valence-corrected chi connectivity index (χ0v) is 17.4. The highest BCUT2D eigenvalue weighted by molar-refractivity contribution is 5.97. The molecule has 0 saturated carbocycles. The highest BCUT2D eigenvalue weighted by Gasteiger charge is 2.20. The molecule has 1 atom stereocenters. The Morgan fingerprint density at radius 1 is 1.06 bits per heavy atom. The molecule has 2 amide bonds. The summed E-state index contributed by atoms with van der Waals surface area (Å²) in [5, 5.41) is 5.20. The van der Waals surface area contributed by atoms with Crippen molar-refractivity contribution in [3.63, 3.8) is 0 Å². The van der Waals surface area contributed by atoms with Crippen molar-refractivity contribution in [2.24, 2.45) is 5.92 Å². The number of aryl methyl sites for hydroxylation is 1. The van der Waals surface area contributed by atoms with E-state index in [0.29, 0.717) is 5.69 Å². The molecular weight excluding hydrogens is 418 g/mol. The monoisotopic (exact) mass is 441 g/mol. The van der Waals surface area contributed by atoms with Crippen LogP contribution in [0.4, 0.5) is 23.4 Å². The normalized spacial score (nSPS) is 12.1. The maximum absolute atomic E-state index is 14.1. The lowest BCUT2D eigenvalue weighted by molar-refractivity contribution is -0.118. The Labute approximate surface area is 177 Å². The Bertz CT molecular complexity index is 944. The van der Waals surface area contributed by atoms with Gasteiger partial charge in [-0.15, -0.1) is 0 Å². The Balaban J connectivity index is 2.17. The molecule has 0 aliphatic heterocycles. The van der Waals surface area contributed by atoms with Crippen molar-refractivity contribution in [3.8, 4) is 5.75 Å². The van der Waals surface area contributed by atoms with Gasteiger partial charge in [-0.05, 0) is 43.7 Å². The highest BCUT2D eigenvalue weighted by Crippen LogP contribution is 2.27. The molecule has 0 radical (unpaired) electrons. The van der Waals surface area contributed by atoms with E-state index in [4.69, 9.17) is 0 Å². The topological polar surface area (TPSA) is 80.3 Å². The minimum absolute atomic E-state index is 0.0758. The molecule has 0 aliphatic rings. The summed E-state index contributed by atoms with van der Waals surface area (Å²) in [6.45, 7) is 5.43. The van der Waals surface area contributed by atoms with Gasteiger partial charge in [0.15, 0.2) is 17.4 Å². The number of rotatable bonds is 8. The molecule has 2 rings (SSSR count). The molecule has 0 fully saturated rings. The third-order valence-corrected chi connectivity index (χ3v) is 4.21. The van der Waals surface area contributed by atoms with E-state index in [2.05, 4.69) is 20.4 Å². The number of carbonyl (C=O) groups excluding carboxylic acids is 2. The van der Waals surface area contributed by atoms with Crippen molar-refractivity contribution in [1.82, 2.24) is 10.3 Å². The van der Waals surface area contributed by atoms with E-state index in [0.717, 1.165) is 12.1 Å². The smallest absolute Gasteiger partial charge is 0.272 e. The lowest BCUT2D eigenvalue weighted by atomic mass is 10.1. The fraction of sp³-hybridized carbons (Fsp3) is 0.381. The van der Waals surface area contributed by atoms with Gasteiger partial charge in [-0.25, -0.2) is 22.5 Å². The van der Waals surface area contributed by atoms with Gasteiger partial charge in [0.05, 0.1) is 6.04 Å². The first-order valence-corrected chi connectivity index (χ1v) is 9.48. The lowest BCUT2D eigenvalue weighted by Crippen LogP contribution is -2.27. The molecule has 1 heterocycles. The van der Waals surface area contributed by atoms with Gasteiger partial charge in [-0.3, -0.25) is 9.59 Å². The van der Waals surface area contributed by atoms with Gasteiger partial charge in [-0.1, -0.05) is 13.8 Å². The number of alkyl halides is 2. The molecule has 10 heteroatoms. The van der Waals surface area contributed by atoms with Crippen LogP contribution >= 0.6 is 0 Å². The van der Waals surface area contributed by atoms with Crippen molar-refractivity contribution in [3.05, 3.63) is 52.7 Å². The third kappa shape index (κ3) is 6.66. The van der Waals surface area contributed by atoms with Crippen LogP contribution in [-0.4, -0.2) is 29.8 Å². The molecule has 0 spiro atoms. The molecule has 1 unspecified atom stereocenters. The largest absolute Gasteiger partial charge is 0.482 e. The quantitative estimate of drug-likeness (QED) is 0.596. The van der Waals surface area contributed by atoms with Gasteiger partial charge < -0.3 is 15.4 Å². The Morgan fingerprint density at radius 2 is 1.68 bits per heavy atom. The van der Waals surface area contributed by atoms with Crippen LogP contribution in [0.3, 0.4) is 0 Å². The number of nitrogens with one attached hydrogen (secondary N) is 2. The first-order chi connectivity index (χ1) is 14.5. The van der Waals surface area contributed by atoms with Crippen LogP contribution in [0.1, 0.15) is 48.4 Å². The second kappa shape index (κ2) is 10.2. The third-order valence-electron chi connectivity index (χ3n) is 4.21. The number of aromatic nitrogens is 1. The van der Waals surface area contributed by atoms with Crippen LogP contribution in [0.25, 0.3) is 0 Å². The number of amides is 2. The Kier molecular flexibility index (Phi) is 7.95. The van der Waals surface area contributed by atoms with Crippen LogP contribution in [0.2, 0.25) is 0 Å².